The first-order valence-corrected chi connectivity index (χ1v) is 6.94. The molecule has 0 aliphatic heterocycles. The lowest BCUT2D eigenvalue weighted by Crippen LogP contribution is -2.37. The molecule has 0 bridgehead atoms. The van der Waals surface area contributed by atoms with Crippen molar-refractivity contribution in [3.63, 3.8) is 0 Å². The van der Waals surface area contributed by atoms with E-state index in [-0.39, 0.29) is 19.1 Å². The molecule has 20 heavy (non-hydrogen) atoms. The summed E-state index contributed by atoms with van der Waals surface area (Å²) in [6, 6.07) is 4.16. The van der Waals surface area contributed by atoms with Gasteiger partial charge in [0, 0.05) is 12.6 Å². The number of rotatable bonds is 7. The monoisotopic (exact) mass is 279 g/mol. The van der Waals surface area contributed by atoms with Gasteiger partial charge in [0.15, 0.2) is 0 Å². The highest BCUT2D eigenvalue weighted by atomic mass is 16.4. The fourth-order valence-corrected chi connectivity index (χ4v) is 2.69. The number of aliphatic hydroxyl groups is 1. The third-order valence-electron chi connectivity index (χ3n) is 3.77. The molecule has 0 fully saturated rings. The number of carbonyl (C=O) groups is 1. The zero-order valence-corrected chi connectivity index (χ0v) is 12.8. The molecule has 1 rings (SSSR count). The number of benzene rings is 1. The van der Waals surface area contributed by atoms with Crippen molar-refractivity contribution in [2.24, 2.45) is 0 Å². The zero-order valence-electron chi connectivity index (χ0n) is 12.8. The van der Waals surface area contributed by atoms with Crippen LogP contribution in [0.2, 0.25) is 0 Å². The van der Waals surface area contributed by atoms with Gasteiger partial charge in [0.25, 0.3) is 0 Å². The van der Waals surface area contributed by atoms with E-state index in [4.69, 9.17) is 10.2 Å². The lowest BCUT2D eigenvalue weighted by molar-refractivity contribution is -0.138. The lowest BCUT2D eigenvalue weighted by atomic mass is 9.93. The SMILES string of the molecule is Cc1cc(C)c(CC(CC(=O)O)N(C)CCO)c(C)c1. The topological polar surface area (TPSA) is 60.8 Å². The molecule has 2 N–H and O–H groups in total. The Kier molecular flexibility index (Phi) is 6.17. The van der Waals surface area contributed by atoms with E-state index in [0.29, 0.717) is 13.0 Å². The van der Waals surface area contributed by atoms with E-state index >= 15 is 0 Å². The van der Waals surface area contributed by atoms with Crippen LogP contribution in [-0.4, -0.2) is 47.3 Å². The zero-order chi connectivity index (χ0) is 15.3. The van der Waals surface area contributed by atoms with Gasteiger partial charge in [-0.25, -0.2) is 0 Å². The Morgan fingerprint density at radius 3 is 2.25 bits per heavy atom. The predicted molar refractivity (Wildman–Crippen MR) is 80.1 cm³/mol. The predicted octanol–water partition coefficient (Wildman–Crippen LogP) is 1.92. The maximum Gasteiger partial charge on any atom is 0.304 e. The maximum atomic E-state index is 11.0. The van der Waals surface area contributed by atoms with Gasteiger partial charge in [-0.3, -0.25) is 4.79 Å². The van der Waals surface area contributed by atoms with Crippen molar-refractivity contribution in [1.29, 1.82) is 0 Å². The number of carboxylic acids is 1. The quantitative estimate of drug-likeness (QED) is 0.800. The van der Waals surface area contributed by atoms with E-state index in [1.807, 2.05) is 11.9 Å². The summed E-state index contributed by atoms with van der Waals surface area (Å²) >= 11 is 0. The Balaban J connectivity index is 2.97. The molecule has 0 radical (unpaired) electrons. The molecule has 0 amide bonds. The van der Waals surface area contributed by atoms with Gasteiger partial charge in [-0.1, -0.05) is 17.7 Å². The van der Waals surface area contributed by atoms with Crippen LogP contribution in [0.4, 0.5) is 0 Å². The number of likely N-dealkylation sites (N-methyl/N-ethyl adjacent to an activating group) is 1. The molecular weight excluding hydrogens is 254 g/mol. The van der Waals surface area contributed by atoms with Crippen molar-refractivity contribution < 1.29 is 15.0 Å². The highest BCUT2D eigenvalue weighted by Gasteiger charge is 2.20. The third kappa shape index (κ3) is 4.62. The van der Waals surface area contributed by atoms with Crippen LogP contribution in [0.25, 0.3) is 0 Å². The Morgan fingerprint density at radius 1 is 1.25 bits per heavy atom. The first-order chi connectivity index (χ1) is 9.35. The minimum atomic E-state index is -0.804. The van der Waals surface area contributed by atoms with E-state index < -0.39 is 5.97 Å². The van der Waals surface area contributed by atoms with Gasteiger partial charge in [-0.15, -0.1) is 0 Å². The fraction of sp³-hybridized carbons (Fsp3) is 0.562. The van der Waals surface area contributed by atoms with Gasteiger partial charge in [0.2, 0.25) is 0 Å². The van der Waals surface area contributed by atoms with Crippen molar-refractivity contribution in [3.8, 4) is 0 Å². The van der Waals surface area contributed by atoms with Crippen molar-refractivity contribution in [2.75, 3.05) is 20.2 Å². The van der Waals surface area contributed by atoms with Crippen LogP contribution >= 0.6 is 0 Å². The molecule has 4 heteroatoms. The second-order valence-corrected chi connectivity index (χ2v) is 5.54. The van der Waals surface area contributed by atoms with E-state index in [9.17, 15) is 4.79 Å². The lowest BCUT2D eigenvalue weighted by Gasteiger charge is -2.27. The maximum absolute atomic E-state index is 11.0. The fourth-order valence-electron chi connectivity index (χ4n) is 2.69. The minimum Gasteiger partial charge on any atom is -0.481 e. The van der Waals surface area contributed by atoms with Crippen LogP contribution in [0, 0.1) is 20.8 Å². The van der Waals surface area contributed by atoms with Gasteiger partial charge in [-0.2, -0.15) is 0 Å². The van der Waals surface area contributed by atoms with Crippen LogP contribution in [0.1, 0.15) is 28.7 Å². The number of nitrogens with zero attached hydrogens (tertiary/aromatic N) is 1. The summed E-state index contributed by atoms with van der Waals surface area (Å²) in [5.41, 5.74) is 4.85. The molecule has 1 aromatic carbocycles. The van der Waals surface area contributed by atoms with Crippen molar-refractivity contribution in [2.45, 2.75) is 39.7 Å². The molecule has 0 saturated carbocycles. The van der Waals surface area contributed by atoms with E-state index in [1.165, 1.54) is 22.3 Å². The molecule has 0 heterocycles. The van der Waals surface area contributed by atoms with E-state index in [0.717, 1.165) is 0 Å². The average molecular weight is 279 g/mol. The average Bonchev–Trinajstić information content (AvgIpc) is 2.31. The summed E-state index contributed by atoms with van der Waals surface area (Å²) in [6.45, 7) is 6.73. The molecular formula is C16H25NO3. The Labute approximate surface area is 121 Å². The second kappa shape index (κ2) is 7.41. The summed E-state index contributed by atoms with van der Waals surface area (Å²) in [6.07, 6.45) is 0.782. The third-order valence-corrected chi connectivity index (χ3v) is 3.77. The highest BCUT2D eigenvalue weighted by Crippen LogP contribution is 2.20. The number of hydrogen-bond acceptors (Lipinski definition) is 3. The normalized spacial score (nSPS) is 12.7. The summed E-state index contributed by atoms with van der Waals surface area (Å²) in [5, 5.41) is 18.1. The summed E-state index contributed by atoms with van der Waals surface area (Å²) in [5.74, 6) is -0.804. The van der Waals surface area contributed by atoms with Crippen LogP contribution in [0.15, 0.2) is 12.1 Å². The Bertz CT molecular complexity index is 448. The Hall–Kier alpha value is -1.39. The molecule has 0 spiro atoms. The largest absolute Gasteiger partial charge is 0.481 e. The van der Waals surface area contributed by atoms with Gasteiger partial charge in [-0.05, 0) is 50.9 Å². The van der Waals surface area contributed by atoms with Crippen molar-refractivity contribution in [3.05, 3.63) is 34.4 Å². The van der Waals surface area contributed by atoms with Crippen LogP contribution < -0.4 is 0 Å². The molecule has 0 aliphatic carbocycles. The van der Waals surface area contributed by atoms with E-state index in [1.54, 1.807) is 0 Å². The summed E-state index contributed by atoms with van der Waals surface area (Å²) < 4.78 is 0. The second-order valence-electron chi connectivity index (χ2n) is 5.54. The first-order valence-electron chi connectivity index (χ1n) is 6.94. The number of carboxylic acid groups (broad SMARTS) is 1. The van der Waals surface area contributed by atoms with Crippen LogP contribution in [-0.2, 0) is 11.2 Å². The standard InChI is InChI=1S/C16H25NO3/c1-11-7-12(2)15(13(3)8-11)9-14(10-16(19)20)17(4)5-6-18/h7-8,14,18H,5-6,9-10H2,1-4H3,(H,19,20). The number of aliphatic carboxylic acids is 1. The molecule has 1 aromatic rings. The van der Waals surface area contributed by atoms with Gasteiger partial charge in [0.1, 0.15) is 0 Å². The molecule has 0 saturated heterocycles. The van der Waals surface area contributed by atoms with E-state index in [2.05, 4.69) is 32.9 Å². The highest BCUT2D eigenvalue weighted by molar-refractivity contribution is 5.67. The number of aliphatic hydroxyl groups excluding tert-OH is 1. The van der Waals surface area contributed by atoms with Crippen LogP contribution in [0.3, 0.4) is 0 Å². The molecule has 4 nitrogen and oxygen atoms in total. The molecule has 0 aliphatic rings. The molecule has 1 unspecified atom stereocenters. The molecule has 1 atom stereocenters. The first kappa shape index (κ1) is 16.7. The van der Waals surface area contributed by atoms with Crippen molar-refractivity contribution >= 4 is 5.97 Å². The van der Waals surface area contributed by atoms with Crippen LogP contribution in [0.5, 0.6) is 0 Å². The summed E-state index contributed by atoms with van der Waals surface area (Å²) in [4.78, 5) is 13.0. The van der Waals surface area contributed by atoms with Gasteiger partial charge < -0.3 is 15.1 Å². The number of aryl methyl sites for hydroxylation is 3. The molecule has 0 aromatic heterocycles. The number of hydrogen-bond donors (Lipinski definition) is 2. The summed E-state index contributed by atoms with van der Waals surface area (Å²) in [7, 11) is 1.86. The minimum absolute atomic E-state index is 0.0402. The Morgan fingerprint density at radius 2 is 1.80 bits per heavy atom. The van der Waals surface area contributed by atoms with Gasteiger partial charge >= 0.3 is 5.97 Å². The van der Waals surface area contributed by atoms with Gasteiger partial charge in [0.05, 0.1) is 13.0 Å². The smallest absolute Gasteiger partial charge is 0.304 e. The molecule has 112 valence electrons. The van der Waals surface area contributed by atoms with Crippen molar-refractivity contribution in [1.82, 2.24) is 4.90 Å².